The first-order chi connectivity index (χ1) is 4.88. The van der Waals surface area contributed by atoms with Crippen LogP contribution in [0.15, 0.2) is 36.8 Å². The highest BCUT2D eigenvalue weighted by Gasteiger charge is 2.02. The van der Waals surface area contributed by atoms with Crippen LogP contribution in [0.2, 0.25) is 0 Å². The fourth-order valence-corrected chi connectivity index (χ4v) is 1.01. The molecule has 0 radical (unpaired) electrons. The van der Waals surface area contributed by atoms with Gasteiger partial charge in [0.2, 0.25) is 0 Å². The van der Waals surface area contributed by atoms with E-state index in [2.05, 4.69) is 0 Å². The van der Waals surface area contributed by atoms with Crippen molar-refractivity contribution in [3.8, 4) is 0 Å². The van der Waals surface area contributed by atoms with Gasteiger partial charge in [-0.25, -0.2) is 4.40 Å². The van der Waals surface area contributed by atoms with Gasteiger partial charge in [0.1, 0.15) is 6.20 Å². The summed E-state index contributed by atoms with van der Waals surface area (Å²) in [5, 5.41) is 0. The van der Waals surface area contributed by atoms with Crippen molar-refractivity contribution in [2.45, 2.75) is 0 Å². The Morgan fingerprint density at radius 1 is 1.30 bits per heavy atom. The number of nitrogens with two attached hydrogens (primary N) is 1. The molecule has 10 heavy (non-hydrogen) atoms. The van der Waals surface area contributed by atoms with E-state index in [9.17, 15) is 0 Å². The predicted octanol–water partition coefficient (Wildman–Crippen LogP) is -0.0594. The van der Waals surface area contributed by atoms with Gasteiger partial charge in [-0.2, -0.15) is 0 Å². The number of rotatable bonds is 0. The number of hydrogen-bond donors (Lipinski definition) is 1. The van der Waals surface area contributed by atoms with Crippen molar-refractivity contribution in [2.75, 3.05) is 5.84 Å². The highest BCUT2D eigenvalue weighted by molar-refractivity contribution is 5.29. The molecular formula is C7H8N3+. The van der Waals surface area contributed by atoms with Gasteiger partial charge in [-0.3, -0.25) is 5.84 Å². The monoisotopic (exact) mass is 134 g/mol. The molecule has 2 heterocycles. The molecule has 0 aromatic carbocycles. The van der Waals surface area contributed by atoms with E-state index in [0.717, 1.165) is 5.65 Å². The topological polar surface area (TPSA) is 35.0 Å². The van der Waals surface area contributed by atoms with Crippen LogP contribution in [0.4, 0.5) is 0 Å². The van der Waals surface area contributed by atoms with Gasteiger partial charge >= 0.3 is 5.65 Å². The van der Waals surface area contributed by atoms with Crippen LogP contribution in [0.5, 0.6) is 0 Å². The molecule has 0 bridgehead atoms. The molecule has 0 fully saturated rings. The third kappa shape index (κ3) is 0.572. The molecule has 0 atom stereocenters. The maximum atomic E-state index is 5.57. The maximum Gasteiger partial charge on any atom is 0.309 e. The van der Waals surface area contributed by atoms with Gasteiger partial charge in [0.15, 0.2) is 6.20 Å². The van der Waals surface area contributed by atoms with Gasteiger partial charge in [0, 0.05) is 6.07 Å². The summed E-state index contributed by atoms with van der Waals surface area (Å²) >= 11 is 0. The minimum atomic E-state index is 0.988. The fraction of sp³-hybridized carbons (Fsp3) is 0. The Morgan fingerprint density at radius 2 is 2.20 bits per heavy atom. The molecule has 0 saturated carbocycles. The van der Waals surface area contributed by atoms with Crippen molar-refractivity contribution in [3.05, 3.63) is 36.8 Å². The van der Waals surface area contributed by atoms with Crippen LogP contribution in [0.3, 0.4) is 0 Å². The normalized spacial score (nSPS) is 10.4. The van der Waals surface area contributed by atoms with E-state index in [0.29, 0.717) is 0 Å². The molecule has 3 heteroatoms. The molecular weight excluding hydrogens is 126 g/mol. The Balaban J connectivity index is 2.93. The average Bonchev–Trinajstić information content (AvgIpc) is 2.34. The zero-order valence-electron chi connectivity index (χ0n) is 5.44. The Labute approximate surface area is 58.3 Å². The van der Waals surface area contributed by atoms with Gasteiger partial charge in [-0.15, -0.1) is 4.68 Å². The van der Waals surface area contributed by atoms with Crippen LogP contribution in [-0.2, 0) is 0 Å². The van der Waals surface area contributed by atoms with Gasteiger partial charge in [-0.05, 0) is 6.07 Å². The SMILES string of the molecule is Nn1cc[n+]2ccccc12. The predicted molar refractivity (Wildman–Crippen MR) is 37.7 cm³/mol. The molecule has 2 aromatic rings. The first-order valence-corrected chi connectivity index (χ1v) is 3.10. The van der Waals surface area contributed by atoms with Gasteiger partial charge in [0.25, 0.3) is 0 Å². The number of hydrogen-bond acceptors (Lipinski definition) is 1. The molecule has 0 unspecified atom stereocenters. The lowest BCUT2D eigenvalue weighted by molar-refractivity contribution is -0.510. The van der Waals surface area contributed by atoms with E-state index in [1.165, 1.54) is 0 Å². The largest absolute Gasteiger partial charge is 0.309 e. The molecule has 0 spiro atoms. The van der Waals surface area contributed by atoms with E-state index in [4.69, 9.17) is 5.84 Å². The number of aromatic nitrogens is 2. The third-order valence-electron chi connectivity index (χ3n) is 1.52. The molecule has 0 aliphatic rings. The second kappa shape index (κ2) is 1.73. The van der Waals surface area contributed by atoms with Crippen LogP contribution < -0.4 is 10.2 Å². The Bertz CT molecular complexity index is 350. The smallest absolute Gasteiger partial charge is 0.269 e. The van der Waals surface area contributed by atoms with Crippen LogP contribution in [-0.4, -0.2) is 4.68 Å². The molecule has 2 aromatic heterocycles. The number of pyridine rings is 1. The summed E-state index contributed by atoms with van der Waals surface area (Å²) in [6.45, 7) is 0. The van der Waals surface area contributed by atoms with Crippen LogP contribution in [0.25, 0.3) is 5.65 Å². The standard InChI is InChI=1S/C7H8N3/c8-10-6-5-9-4-2-1-3-7(9)10/h1-6H,8H2/q+1. The summed E-state index contributed by atoms with van der Waals surface area (Å²) in [5.41, 5.74) is 0.988. The Morgan fingerprint density at radius 3 is 3.00 bits per heavy atom. The fourth-order valence-electron chi connectivity index (χ4n) is 1.01. The summed E-state index contributed by atoms with van der Waals surface area (Å²) in [6.07, 6.45) is 5.68. The summed E-state index contributed by atoms with van der Waals surface area (Å²) in [4.78, 5) is 0. The second-order valence-electron chi connectivity index (χ2n) is 2.17. The van der Waals surface area contributed by atoms with Gasteiger partial charge in [-0.1, -0.05) is 6.07 Å². The summed E-state index contributed by atoms with van der Waals surface area (Å²) < 4.78 is 3.54. The number of imidazole rings is 1. The van der Waals surface area contributed by atoms with E-state index in [1.54, 1.807) is 4.68 Å². The molecule has 0 aliphatic carbocycles. The lowest BCUT2D eigenvalue weighted by Crippen LogP contribution is -2.20. The zero-order chi connectivity index (χ0) is 6.97. The number of nitrogen functional groups attached to an aromatic ring is 1. The van der Waals surface area contributed by atoms with Crippen molar-refractivity contribution in [3.63, 3.8) is 0 Å². The number of nitrogens with zero attached hydrogens (tertiary/aromatic N) is 2. The first kappa shape index (κ1) is 5.29. The van der Waals surface area contributed by atoms with Crippen LogP contribution in [0, 0.1) is 0 Å². The van der Waals surface area contributed by atoms with E-state index in [-0.39, 0.29) is 0 Å². The molecule has 0 aliphatic heterocycles. The molecule has 50 valence electrons. The molecule has 0 saturated heterocycles. The number of fused-ring (bicyclic) bond motifs is 1. The zero-order valence-corrected chi connectivity index (χ0v) is 5.44. The lowest BCUT2D eigenvalue weighted by atomic mass is 10.5. The van der Waals surface area contributed by atoms with E-state index < -0.39 is 0 Å². The summed E-state index contributed by atoms with van der Waals surface area (Å²) in [5.74, 6) is 5.57. The van der Waals surface area contributed by atoms with Crippen molar-refractivity contribution in [1.82, 2.24) is 4.68 Å². The second-order valence-corrected chi connectivity index (χ2v) is 2.17. The van der Waals surface area contributed by atoms with Crippen molar-refractivity contribution < 1.29 is 4.40 Å². The van der Waals surface area contributed by atoms with Gasteiger partial charge < -0.3 is 0 Å². The average molecular weight is 134 g/mol. The summed E-state index contributed by atoms with van der Waals surface area (Å²) in [7, 11) is 0. The summed E-state index contributed by atoms with van der Waals surface area (Å²) in [6, 6.07) is 5.88. The quantitative estimate of drug-likeness (QED) is 0.397. The van der Waals surface area contributed by atoms with Crippen LogP contribution >= 0.6 is 0 Å². The minimum Gasteiger partial charge on any atom is -0.269 e. The Hall–Kier alpha value is -1.51. The molecule has 2 N–H and O–H groups in total. The highest BCUT2D eigenvalue weighted by atomic mass is 15.3. The Kier molecular flexibility index (Phi) is 0.917. The van der Waals surface area contributed by atoms with Crippen molar-refractivity contribution in [1.29, 1.82) is 0 Å². The third-order valence-corrected chi connectivity index (χ3v) is 1.52. The maximum absolute atomic E-state index is 5.57. The van der Waals surface area contributed by atoms with Crippen molar-refractivity contribution in [2.24, 2.45) is 0 Å². The lowest BCUT2D eigenvalue weighted by Gasteiger charge is -1.83. The van der Waals surface area contributed by atoms with Crippen LogP contribution in [0.1, 0.15) is 0 Å². The van der Waals surface area contributed by atoms with E-state index >= 15 is 0 Å². The minimum absolute atomic E-state index is 0.988. The molecule has 2 rings (SSSR count). The molecule has 0 amide bonds. The first-order valence-electron chi connectivity index (χ1n) is 3.10. The van der Waals surface area contributed by atoms with Crippen molar-refractivity contribution >= 4 is 5.65 Å². The van der Waals surface area contributed by atoms with Gasteiger partial charge in [0.05, 0.1) is 6.20 Å². The highest BCUT2D eigenvalue weighted by Crippen LogP contribution is 1.91. The van der Waals surface area contributed by atoms with E-state index in [1.807, 2.05) is 41.2 Å². The molecule has 3 nitrogen and oxygen atoms in total.